The SMILES string of the molecule is CCC(=O)/C=C/C=C(\C=C\C(C)=O)C(O)CCC(O)O. The lowest BCUT2D eigenvalue weighted by Crippen LogP contribution is -2.14. The number of rotatable bonds is 9. The third-order valence-corrected chi connectivity index (χ3v) is 2.51. The lowest BCUT2D eigenvalue weighted by molar-refractivity contribution is -0.114. The third-order valence-electron chi connectivity index (χ3n) is 2.51. The van der Waals surface area contributed by atoms with Crippen molar-refractivity contribution in [1.82, 2.24) is 0 Å². The van der Waals surface area contributed by atoms with Gasteiger partial charge in [-0.3, -0.25) is 9.59 Å². The zero-order valence-corrected chi connectivity index (χ0v) is 11.8. The van der Waals surface area contributed by atoms with Crippen LogP contribution in [-0.4, -0.2) is 39.3 Å². The third kappa shape index (κ3) is 9.38. The van der Waals surface area contributed by atoms with Crippen molar-refractivity contribution in [2.45, 2.75) is 45.5 Å². The van der Waals surface area contributed by atoms with Gasteiger partial charge < -0.3 is 15.3 Å². The van der Waals surface area contributed by atoms with E-state index in [0.29, 0.717) is 12.0 Å². The van der Waals surface area contributed by atoms with Crippen molar-refractivity contribution >= 4 is 11.6 Å². The second kappa shape index (κ2) is 10.3. The molecule has 0 fully saturated rings. The number of allylic oxidation sites excluding steroid dienone is 4. The van der Waals surface area contributed by atoms with E-state index in [2.05, 4.69) is 0 Å². The van der Waals surface area contributed by atoms with Crippen LogP contribution in [0.3, 0.4) is 0 Å². The Morgan fingerprint density at radius 3 is 2.20 bits per heavy atom. The molecule has 5 heteroatoms. The maximum absolute atomic E-state index is 11.1. The van der Waals surface area contributed by atoms with Crippen LogP contribution < -0.4 is 0 Å². The van der Waals surface area contributed by atoms with Gasteiger partial charge in [0.05, 0.1) is 6.10 Å². The van der Waals surface area contributed by atoms with Crippen LogP contribution >= 0.6 is 0 Å². The van der Waals surface area contributed by atoms with E-state index in [0.717, 1.165) is 0 Å². The predicted octanol–water partition coefficient (Wildman–Crippen LogP) is 1.05. The Balaban J connectivity index is 4.87. The first-order valence-corrected chi connectivity index (χ1v) is 6.50. The van der Waals surface area contributed by atoms with Crippen molar-refractivity contribution in [1.29, 1.82) is 0 Å². The Morgan fingerprint density at radius 2 is 1.70 bits per heavy atom. The molecule has 112 valence electrons. The van der Waals surface area contributed by atoms with Gasteiger partial charge in [0.1, 0.15) is 0 Å². The van der Waals surface area contributed by atoms with E-state index in [-0.39, 0.29) is 24.4 Å². The normalized spacial score (nSPS) is 14.4. The largest absolute Gasteiger partial charge is 0.388 e. The highest BCUT2D eigenvalue weighted by Crippen LogP contribution is 2.12. The van der Waals surface area contributed by atoms with E-state index in [1.165, 1.54) is 37.3 Å². The molecule has 0 aromatic carbocycles. The summed E-state index contributed by atoms with van der Waals surface area (Å²) in [6, 6.07) is 0. The number of carbonyl (C=O) groups is 2. The minimum atomic E-state index is -1.49. The van der Waals surface area contributed by atoms with E-state index in [9.17, 15) is 14.7 Å². The molecule has 0 amide bonds. The van der Waals surface area contributed by atoms with Gasteiger partial charge in [-0.15, -0.1) is 0 Å². The summed E-state index contributed by atoms with van der Waals surface area (Å²) < 4.78 is 0. The van der Waals surface area contributed by atoms with Crippen LogP contribution in [0, 0.1) is 0 Å². The monoisotopic (exact) mass is 282 g/mol. The summed E-state index contributed by atoms with van der Waals surface area (Å²) in [7, 11) is 0. The topological polar surface area (TPSA) is 94.8 Å². The molecule has 0 aromatic rings. The summed E-state index contributed by atoms with van der Waals surface area (Å²) in [4.78, 5) is 22.0. The molecule has 0 bridgehead atoms. The van der Waals surface area contributed by atoms with E-state index >= 15 is 0 Å². The summed E-state index contributed by atoms with van der Waals surface area (Å²) in [5.74, 6) is -0.213. The number of carbonyl (C=O) groups excluding carboxylic acids is 2. The van der Waals surface area contributed by atoms with Crippen molar-refractivity contribution in [3.63, 3.8) is 0 Å². The molecule has 0 aromatic heterocycles. The molecule has 0 heterocycles. The van der Waals surface area contributed by atoms with Crippen LogP contribution in [-0.2, 0) is 9.59 Å². The Bertz CT molecular complexity index is 404. The Kier molecular flexibility index (Phi) is 9.45. The van der Waals surface area contributed by atoms with Gasteiger partial charge in [0.25, 0.3) is 0 Å². The van der Waals surface area contributed by atoms with Crippen LogP contribution in [0.1, 0.15) is 33.1 Å². The molecule has 1 unspecified atom stereocenters. The molecule has 0 aliphatic carbocycles. The predicted molar refractivity (Wildman–Crippen MR) is 75.8 cm³/mol. The van der Waals surface area contributed by atoms with Gasteiger partial charge >= 0.3 is 0 Å². The zero-order valence-electron chi connectivity index (χ0n) is 11.8. The molecular formula is C15H22O5. The molecule has 0 saturated heterocycles. The number of hydrogen-bond donors (Lipinski definition) is 3. The summed E-state index contributed by atoms with van der Waals surface area (Å²) in [6.45, 7) is 3.12. The van der Waals surface area contributed by atoms with E-state index in [4.69, 9.17) is 10.2 Å². The highest BCUT2D eigenvalue weighted by Gasteiger charge is 2.10. The summed E-state index contributed by atoms with van der Waals surface area (Å²) in [5, 5.41) is 27.5. The standard InChI is InChI=1S/C15H22O5/c1-3-13(17)6-4-5-12(8-7-11(2)16)14(18)9-10-15(19)20/h4-8,14-15,18-20H,3,9-10H2,1-2H3/b6-4+,8-7+,12-5+. The first kappa shape index (κ1) is 18.4. The molecule has 20 heavy (non-hydrogen) atoms. The minimum absolute atomic E-state index is 0.0179. The van der Waals surface area contributed by atoms with Crippen molar-refractivity contribution in [3.05, 3.63) is 36.0 Å². The molecule has 0 radical (unpaired) electrons. The second-order valence-electron chi connectivity index (χ2n) is 4.36. The first-order valence-electron chi connectivity index (χ1n) is 6.50. The fourth-order valence-corrected chi connectivity index (χ4v) is 1.35. The van der Waals surface area contributed by atoms with Crippen LogP contribution in [0.15, 0.2) is 36.0 Å². The van der Waals surface area contributed by atoms with Gasteiger partial charge in [-0.1, -0.05) is 25.2 Å². The van der Waals surface area contributed by atoms with Crippen LogP contribution in [0.25, 0.3) is 0 Å². The van der Waals surface area contributed by atoms with Gasteiger partial charge in [-0.25, -0.2) is 0 Å². The van der Waals surface area contributed by atoms with Crippen molar-refractivity contribution in [3.8, 4) is 0 Å². The molecule has 0 rings (SSSR count). The van der Waals surface area contributed by atoms with Gasteiger partial charge in [0.2, 0.25) is 0 Å². The fourth-order valence-electron chi connectivity index (χ4n) is 1.35. The summed E-state index contributed by atoms with van der Waals surface area (Å²) in [6.07, 6.45) is 5.31. The highest BCUT2D eigenvalue weighted by molar-refractivity contribution is 5.89. The van der Waals surface area contributed by atoms with Gasteiger partial charge in [0, 0.05) is 12.8 Å². The minimum Gasteiger partial charge on any atom is -0.388 e. The lowest BCUT2D eigenvalue weighted by atomic mass is 10.0. The fraction of sp³-hybridized carbons (Fsp3) is 0.467. The average molecular weight is 282 g/mol. The van der Waals surface area contributed by atoms with E-state index in [1.807, 2.05) is 0 Å². The summed E-state index contributed by atoms with van der Waals surface area (Å²) >= 11 is 0. The highest BCUT2D eigenvalue weighted by atomic mass is 16.5. The molecular weight excluding hydrogens is 260 g/mol. The van der Waals surface area contributed by atoms with Gasteiger partial charge in [-0.2, -0.15) is 0 Å². The Morgan fingerprint density at radius 1 is 1.05 bits per heavy atom. The van der Waals surface area contributed by atoms with E-state index < -0.39 is 12.4 Å². The van der Waals surface area contributed by atoms with Crippen molar-refractivity contribution in [2.75, 3.05) is 0 Å². The molecule has 1 atom stereocenters. The second-order valence-corrected chi connectivity index (χ2v) is 4.36. The number of aliphatic hydroxyl groups is 3. The molecule has 3 N–H and O–H groups in total. The zero-order chi connectivity index (χ0) is 15.5. The molecule has 0 aliphatic rings. The maximum atomic E-state index is 11.1. The molecule has 0 spiro atoms. The smallest absolute Gasteiger partial charge is 0.155 e. The van der Waals surface area contributed by atoms with Crippen LogP contribution in [0.2, 0.25) is 0 Å². The first-order chi connectivity index (χ1) is 9.36. The van der Waals surface area contributed by atoms with Gasteiger partial charge in [-0.05, 0) is 31.1 Å². The number of hydrogen-bond acceptors (Lipinski definition) is 5. The Hall–Kier alpha value is -1.56. The maximum Gasteiger partial charge on any atom is 0.155 e. The molecule has 0 aliphatic heterocycles. The molecule has 0 saturated carbocycles. The van der Waals surface area contributed by atoms with Crippen LogP contribution in [0.4, 0.5) is 0 Å². The lowest BCUT2D eigenvalue weighted by Gasteiger charge is -2.12. The van der Waals surface area contributed by atoms with Gasteiger partial charge in [0.15, 0.2) is 17.9 Å². The van der Waals surface area contributed by atoms with Crippen molar-refractivity contribution < 1.29 is 24.9 Å². The average Bonchev–Trinajstić information content (AvgIpc) is 2.39. The summed E-state index contributed by atoms with van der Waals surface area (Å²) in [5.41, 5.74) is 0.431. The van der Waals surface area contributed by atoms with Crippen molar-refractivity contribution in [2.24, 2.45) is 0 Å². The number of aliphatic hydroxyl groups excluding tert-OH is 2. The van der Waals surface area contributed by atoms with Crippen LogP contribution in [0.5, 0.6) is 0 Å². The molecule has 5 nitrogen and oxygen atoms in total. The Labute approximate surface area is 118 Å². The van der Waals surface area contributed by atoms with E-state index in [1.54, 1.807) is 6.92 Å². The number of ketones is 2. The quantitative estimate of drug-likeness (QED) is 0.334.